The van der Waals surface area contributed by atoms with Crippen LogP contribution in [0.4, 0.5) is 0 Å². The van der Waals surface area contributed by atoms with Gasteiger partial charge in [0.15, 0.2) is 11.6 Å². The summed E-state index contributed by atoms with van der Waals surface area (Å²) in [7, 11) is 0. The third-order valence-electron chi connectivity index (χ3n) is 10.2. The fourth-order valence-electron chi connectivity index (χ4n) is 7.88. The molecule has 1 aliphatic heterocycles. The molecule has 0 spiro atoms. The first-order valence-electron chi connectivity index (χ1n) is 17.3. The zero-order chi connectivity index (χ0) is 33.8. The number of allylic oxidation sites excluding steroid dienone is 1. The first-order valence-corrected chi connectivity index (χ1v) is 18.1. The summed E-state index contributed by atoms with van der Waals surface area (Å²) in [6, 6.07) is 55.2. The molecule has 5 heteroatoms. The summed E-state index contributed by atoms with van der Waals surface area (Å²) in [5.74, 6) is 3.70. The van der Waals surface area contributed by atoms with Crippen LogP contribution in [-0.4, -0.2) is 15.0 Å². The van der Waals surface area contributed by atoms with E-state index in [1.54, 1.807) is 0 Å². The lowest BCUT2D eigenvalue weighted by molar-refractivity contribution is 0.434. The minimum Gasteiger partial charge on any atom is -0.457 e. The van der Waals surface area contributed by atoms with Gasteiger partial charge in [0.25, 0.3) is 0 Å². The van der Waals surface area contributed by atoms with E-state index in [4.69, 9.17) is 19.7 Å². The largest absolute Gasteiger partial charge is 0.457 e. The molecule has 10 rings (SSSR count). The molecular weight excluding hydrogens is 643 g/mol. The minimum atomic E-state index is -0.585. The number of para-hydroxylation sites is 1. The van der Waals surface area contributed by atoms with Crippen molar-refractivity contribution in [1.29, 1.82) is 0 Å². The molecule has 0 radical (unpaired) electrons. The Bertz CT molecular complexity index is 2560. The average molecular weight is 674 g/mol. The van der Waals surface area contributed by atoms with E-state index in [1.807, 2.05) is 35.6 Å². The first kappa shape index (κ1) is 29.7. The number of nitrogens with zero attached hydrogens (tertiary/aromatic N) is 3. The van der Waals surface area contributed by atoms with Crippen LogP contribution in [0.3, 0.4) is 0 Å². The van der Waals surface area contributed by atoms with Crippen LogP contribution in [0, 0.1) is 0 Å². The van der Waals surface area contributed by atoms with Gasteiger partial charge in [-0.05, 0) is 52.8 Å². The summed E-state index contributed by atoms with van der Waals surface area (Å²) in [5.41, 5.74) is 7.17. The number of hydrogen-bond acceptors (Lipinski definition) is 5. The molecule has 0 saturated heterocycles. The fourth-order valence-corrected chi connectivity index (χ4v) is 9.03. The molecule has 0 amide bonds. The molecule has 242 valence electrons. The van der Waals surface area contributed by atoms with Crippen LogP contribution in [0.25, 0.3) is 38.9 Å². The summed E-state index contributed by atoms with van der Waals surface area (Å²) in [6.07, 6.45) is 5.34. The normalized spacial score (nSPS) is 15.4. The molecule has 51 heavy (non-hydrogen) atoms. The molecule has 1 atom stereocenters. The predicted octanol–water partition coefficient (Wildman–Crippen LogP) is 11.3. The maximum atomic E-state index is 6.79. The number of fused-ring (bicyclic) bond motifs is 5. The second-order valence-electron chi connectivity index (χ2n) is 13.1. The van der Waals surface area contributed by atoms with Crippen molar-refractivity contribution in [3.05, 3.63) is 202 Å². The molecule has 2 aromatic heterocycles. The van der Waals surface area contributed by atoms with Crippen molar-refractivity contribution in [3.8, 4) is 34.3 Å². The Balaban J connectivity index is 1.15. The van der Waals surface area contributed by atoms with E-state index in [1.165, 1.54) is 31.7 Å². The molecule has 0 saturated carbocycles. The molecule has 0 bridgehead atoms. The van der Waals surface area contributed by atoms with E-state index in [0.29, 0.717) is 11.6 Å². The lowest BCUT2D eigenvalue weighted by Gasteiger charge is -2.41. The van der Waals surface area contributed by atoms with Crippen LogP contribution in [0.2, 0.25) is 0 Å². The second-order valence-corrected chi connectivity index (χ2v) is 14.2. The molecule has 1 aliphatic carbocycles. The quantitative estimate of drug-likeness (QED) is 0.182. The van der Waals surface area contributed by atoms with E-state index >= 15 is 0 Å². The number of rotatable bonds is 5. The predicted molar refractivity (Wildman–Crippen MR) is 206 cm³/mol. The topological polar surface area (TPSA) is 47.9 Å². The van der Waals surface area contributed by atoms with Crippen LogP contribution >= 0.6 is 11.3 Å². The van der Waals surface area contributed by atoms with Gasteiger partial charge in [0.1, 0.15) is 17.3 Å². The van der Waals surface area contributed by atoms with Gasteiger partial charge in [0.2, 0.25) is 0 Å². The molecule has 2 aliphatic rings. The highest BCUT2D eigenvalue weighted by molar-refractivity contribution is 7.20. The van der Waals surface area contributed by atoms with Crippen molar-refractivity contribution in [1.82, 2.24) is 15.0 Å². The fraction of sp³-hybridized carbons (Fsp3) is 0.0652. The van der Waals surface area contributed by atoms with E-state index in [2.05, 4.69) is 146 Å². The van der Waals surface area contributed by atoms with Gasteiger partial charge in [-0.1, -0.05) is 146 Å². The Morgan fingerprint density at radius 3 is 1.96 bits per heavy atom. The van der Waals surface area contributed by atoms with Gasteiger partial charge in [-0.25, -0.2) is 15.0 Å². The molecular formula is C46H31N3OS. The number of ether oxygens (including phenoxy) is 1. The Hall–Kier alpha value is -6.17. The average Bonchev–Trinajstić information content (AvgIpc) is 3.58. The minimum absolute atomic E-state index is 0.0179. The van der Waals surface area contributed by atoms with E-state index in [0.717, 1.165) is 46.0 Å². The lowest BCUT2D eigenvalue weighted by Crippen LogP contribution is -2.34. The van der Waals surface area contributed by atoms with Gasteiger partial charge in [0.05, 0.1) is 5.41 Å². The van der Waals surface area contributed by atoms with E-state index in [9.17, 15) is 0 Å². The number of aromatic nitrogens is 3. The maximum absolute atomic E-state index is 6.79. The number of hydrogen-bond donors (Lipinski definition) is 0. The standard InChI is InChI=1S/C46H31N3OS/c1-4-14-30(15-5-1)43-47-44(31-25-27-42-36(28-31)35-20-10-13-23-41(35)51-42)49-45(48-43)32-24-26-38-40(29-32)50-39-22-12-11-21-37(39)46(38,33-16-6-2-7-17-33)34-18-8-3-9-19-34/h1-27,29,31H,28H2. The Morgan fingerprint density at radius 1 is 0.569 bits per heavy atom. The highest BCUT2D eigenvalue weighted by Gasteiger charge is 2.45. The van der Waals surface area contributed by atoms with Gasteiger partial charge < -0.3 is 4.74 Å². The van der Waals surface area contributed by atoms with E-state index < -0.39 is 5.41 Å². The van der Waals surface area contributed by atoms with Crippen molar-refractivity contribution in [2.45, 2.75) is 17.8 Å². The summed E-state index contributed by atoms with van der Waals surface area (Å²) >= 11 is 1.85. The molecule has 1 unspecified atom stereocenters. The summed E-state index contributed by atoms with van der Waals surface area (Å²) in [5, 5.41) is 1.32. The Labute approximate surface area is 300 Å². The third-order valence-corrected chi connectivity index (χ3v) is 11.4. The molecule has 8 aromatic rings. The van der Waals surface area contributed by atoms with Crippen molar-refractivity contribution in [2.75, 3.05) is 0 Å². The van der Waals surface area contributed by atoms with Gasteiger partial charge in [-0.15, -0.1) is 11.3 Å². The lowest BCUT2D eigenvalue weighted by atomic mass is 9.63. The zero-order valence-corrected chi connectivity index (χ0v) is 28.4. The maximum Gasteiger partial charge on any atom is 0.163 e. The highest BCUT2D eigenvalue weighted by Crippen LogP contribution is 2.55. The van der Waals surface area contributed by atoms with Crippen molar-refractivity contribution >= 4 is 27.5 Å². The van der Waals surface area contributed by atoms with Crippen molar-refractivity contribution < 1.29 is 4.74 Å². The Kier molecular flexibility index (Phi) is 7.00. The molecule has 4 nitrogen and oxygen atoms in total. The van der Waals surface area contributed by atoms with Crippen LogP contribution in [0.5, 0.6) is 11.5 Å². The number of thiophene rings is 1. The van der Waals surface area contributed by atoms with Crippen LogP contribution < -0.4 is 4.74 Å². The molecule has 0 fully saturated rings. The monoisotopic (exact) mass is 673 g/mol. The van der Waals surface area contributed by atoms with Crippen molar-refractivity contribution in [2.24, 2.45) is 0 Å². The van der Waals surface area contributed by atoms with Gasteiger partial charge in [-0.3, -0.25) is 0 Å². The molecule has 0 N–H and O–H groups in total. The smallest absolute Gasteiger partial charge is 0.163 e. The zero-order valence-electron chi connectivity index (χ0n) is 27.6. The third kappa shape index (κ3) is 4.84. The van der Waals surface area contributed by atoms with Gasteiger partial charge >= 0.3 is 0 Å². The molecule has 3 heterocycles. The van der Waals surface area contributed by atoms with Gasteiger partial charge in [0, 0.05) is 37.7 Å². The summed E-state index contributed by atoms with van der Waals surface area (Å²) in [6.45, 7) is 0. The summed E-state index contributed by atoms with van der Waals surface area (Å²) < 4.78 is 8.10. The van der Waals surface area contributed by atoms with Gasteiger partial charge in [-0.2, -0.15) is 0 Å². The number of benzene rings is 6. The highest BCUT2D eigenvalue weighted by atomic mass is 32.1. The SMILES string of the molecule is C1=CC(c2nc(-c3ccccc3)nc(-c3ccc4c(c3)Oc3ccccc3C4(c3ccccc3)c3ccccc3)n2)Cc2c1sc1ccccc21. The molecule has 6 aromatic carbocycles. The summed E-state index contributed by atoms with van der Waals surface area (Å²) in [4.78, 5) is 16.7. The van der Waals surface area contributed by atoms with Crippen LogP contribution in [0.1, 0.15) is 44.4 Å². The van der Waals surface area contributed by atoms with Crippen LogP contribution in [-0.2, 0) is 11.8 Å². The Morgan fingerprint density at radius 2 is 1.20 bits per heavy atom. The second kappa shape index (κ2) is 12.0. The van der Waals surface area contributed by atoms with Crippen molar-refractivity contribution in [3.63, 3.8) is 0 Å². The van der Waals surface area contributed by atoms with Crippen LogP contribution in [0.15, 0.2) is 164 Å². The first-order chi connectivity index (χ1) is 25.3. The van der Waals surface area contributed by atoms with E-state index in [-0.39, 0.29) is 5.92 Å².